The van der Waals surface area contributed by atoms with E-state index in [-0.39, 0.29) is 11.5 Å². The van der Waals surface area contributed by atoms with Crippen molar-refractivity contribution in [1.82, 2.24) is 14.5 Å². The summed E-state index contributed by atoms with van der Waals surface area (Å²) in [5.74, 6) is 0.977. The molecule has 2 aromatic heterocycles. The van der Waals surface area contributed by atoms with Crippen LogP contribution in [-0.2, 0) is 4.79 Å². The van der Waals surface area contributed by atoms with Crippen LogP contribution in [0.1, 0.15) is 12.5 Å². The highest BCUT2D eigenvalue weighted by molar-refractivity contribution is 8.00. The topological polar surface area (TPSA) is 86.1 Å². The summed E-state index contributed by atoms with van der Waals surface area (Å²) in [6.45, 7) is 3.71. The van der Waals surface area contributed by atoms with E-state index in [1.807, 2.05) is 25.1 Å². The van der Waals surface area contributed by atoms with E-state index in [0.717, 1.165) is 5.56 Å². The Hall–Kier alpha value is -3.65. The van der Waals surface area contributed by atoms with Crippen molar-refractivity contribution in [2.24, 2.45) is 0 Å². The Morgan fingerprint density at radius 1 is 1.12 bits per heavy atom. The number of amides is 1. The molecular weight excluding hydrogens is 424 g/mol. The molecule has 7 nitrogen and oxygen atoms in total. The van der Waals surface area contributed by atoms with Gasteiger partial charge in [0.2, 0.25) is 5.91 Å². The minimum Gasteiger partial charge on any atom is -0.497 e. The number of carbonyl (C=O) groups is 1. The van der Waals surface area contributed by atoms with Crippen molar-refractivity contribution in [3.05, 3.63) is 82.8 Å². The van der Waals surface area contributed by atoms with Crippen molar-refractivity contribution in [3.63, 3.8) is 0 Å². The number of aryl methyl sites for hydroxylation is 1. The quantitative estimate of drug-likeness (QED) is 0.353. The lowest BCUT2D eigenvalue weighted by molar-refractivity contribution is -0.115. The lowest BCUT2D eigenvalue weighted by Gasteiger charge is -2.16. The standard InChI is InChI=1S/C24H22N4O3S/c1-15-12-13-25-21(14-15)28-23(30)19-6-4-5-7-20(19)27-24(28)32-16(2)22(29)26-17-8-10-18(31-3)11-9-17/h4-14,16H,1-3H3,(H,26,29). The number of rotatable bonds is 6. The second-order valence-corrected chi connectivity index (χ2v) is 8.53. The Bertz CT molecular complexity index is 1340. The summed E-state index contributed by atoms with van der Waals surface area (Å²) in [6.07, 6.45) is 1.65. The minimum absolute atomic E-state index is 0.202. The summed E-state index contributed by atoms with van der Waals surface area (Å²) in [7, 11) is 1.59. The molecular formula is C24H22N4O3S. The van der Waals surface area contributed by atoms with Gasteiger partial charge in [-0.15, -0.1) is 0 Å². The van der Waals surface area contributed by atoms with Gasteiger partial charge in [-0.25, -0.2) is 14.5 Å². The SMILES string of the molecule is COc1ccc(NC(=O)C(C)Sc2nc3ccccc3c(=O)n2-c2cc(C)ccn2)cc1. The summed E-state index contributed by atoms with van der Waals surface area (Å²) < 4.78 is 6.62. The molecule has 1 N–H and O–H groups in total. The molecule has 0 spiro atoms. The summed E-state index contributed by atoms with van der Waals surface area (Å²) in [5, 5.41) is 3.28. The van der Waals surface area contributed by atoms with Crippen molar-refractivity contribution in [2.45, 2.75) is 24.3 Å². The number of nitrogens with zero attached hydrogens (tertiary/aromatic N) is 3. The molecule has 0 aliphatic rings. The van der Waals surface area contributed by atoms with Crippen molar-refractivity contribution in [2.75, 3.05) is 12.4 Å². The smallest absolute Gasteiger partial charge is 0.267 e. The zero-order chi connectivity index (χ0) is 22.7. The normalized spacial score (nSPS) is 11.8. The lowest BCUT2D eigenvalue weighted by Crippen LogP contribution is -2.26. The fourth-order valence-electron chi connectivity index (χ4n) is 3.17. The Morgan fingerprint density at radius 3 is 2.59 bits per heavy atom. The van der Waals surface area contributed by atoms with Gasteiger partial charge in [0, 0.05) is 11.9 Å². The number of para-hydroxylation sites is 1. The molecule has 4 aromatic rings. The Morgan fingerprint density at radius 2 is 1.88 bits per heavy atom. The van der Waals surface area contributed by atoms with Crippen LogP contribution in [0.4, 0.5) is 5.69 Å². The van der Waals surface area contributed by atoms with E-state index in [1.54, 1.807) is 62.7 Å². The van der Waals surface area contributed by atoms with E-state index in [1.165, 1.54) is 16.3 Å². The highest BCUT2D eigenvalue weighted by Gasteiger charge is 2.21. The van der Waals surface area contributed by atoms with Gasteiger partial charge in [-0.3, -0.25) is 9.59 Å². The molecule has 0 aliphatic carbocycles. The van der Waals surface area contributed by atoms with Gasteiger partial charge in [0.25, 0.3) is 5.56 Å². The van der Waals surface area contributed by atoms with Gasteiger partial charge < -0.3 is 10.1 Å². The van der Waals surface area contributed by atoms with E-state index in [2.05, 4.69) is 15.3 Å². The van der Waals surface area contributed by atoms with Crippen LogP contribution < -0.4 is 15.6 Å². The molecule has 0 radical (unpaired) electrons. The third-order valence-electron chi connectivity index (χ3n) is 4.88. The maximum absolute atomic E-state index is 13.3. The van der Waals surface area contributed by atoms with Crippen LogP contribution in [0.2, 0.25) is 0 Å². The first-order valence-electron chi connectivity index (χ1n) is 10.0. The maximum atomic E-state index is 13.3. The first-order chi connectivity index (χ1) is 15.5. The summed E-state index contributed by atoms with van der Waals surface area (Å²) in [6, 6.07) is 17.9. The number of carbonyl (C=O) groups excluding carboxylic acids is 1. The van der Waals surface area contributed by atoms with Crippen molar-refractivity contribution < 1.29 is 9.53 Å². The molecule has 0 fully saturated rings. The Labute approximate surface area is 189 Å². The van der Waals surface area contributed by atoms with E-state index >= 15 is 0 Å². The van der Waals surface area contributed by atoms with E-state index in [9.17, 15) is 9.59 Å². The Balaban J connectivity index is 1.68. The van der Waals surface area contributed by atoms with E-state index in [4.69, 9.17) is 4.74 Å². The number of ether oxygens (including phenoxy) is 1. The molecule has 8 heteroatoms. The molecule has 1 atom stereocenters. The third kappa shape index (κ3) is 4.50. The van der Waals surface area contributed by atoms with E-state index < -0.39 is 5.25 Å². The highest BCUT2D eigenvalue weighted by Crippen LogP contribution is 2.26. The number of methoxy groups -OCH3 is 1. The van der Waals surface area contributed by atoms with Crippen LogP contribution in [0, 0.1) is 6.92 Å². The van der Waals surface area contributed by atoms with Crippen LogP contribution >= 0.6 is 11.8 Å². The second-order valence-electron chi connectivity index (χ2n) is 7.22. The van der Waals surface area contributed by atoms with Crippen LogP contribution in [0.3, 0.4) is 0 Å². The summed E-state index contributed by atoms with van der Waals surface area (Å²) in [5.41, 5.74) is 1.98. The maximum Gasteiger partial charge on any atom is 0.267 e. The molecule has 0 saturated heterocycles. The van der Waals surface area contributed by atoms with Gasteiger partial charge in [-0.1, -0.05) is 23.9 Å². The van der Waals surface area contributed by atoms with Gasteiger partial charge in [0.05, 0.1) is 23.3 Å². The predicted molar refractivity (Wildman–Crippen MR) is 127 cm³/mol. The number of thioether (sulfide) groups is 1. The molecule has 2 heterocycles. The number of anilines is 1. The molecule has 0 saturated carbocycles. The van der Waals surface area contributed by atoms with Gasteiger partial charge in [-0.2, -0.15) is 0 Å². The molecule has 2 aromatic carbocycles. The number of aromatic nitrogens is 3. The van der Waals surface area contributed by atoms with Crippen molar-refractivity contribution in [1.29, 1.82) is 0 Å². The molecule has 1 unspecified atom stereocenters. The fourth-order valence-corrected chi connectivity index (χ4v) is 4.08. The van der Waals surface area contributed by atoms with Crippen molar-refractivity contribution in [3.8, 4) is 11.6 Å². The van der Waals surface area contributed by atoms with Crippen LogP contribution in [0.25, 0.3) is 16.7 Å². The molecule has 162 valence electrons. The summed E-state index contributed by atoms with van der Waals surface area (Å²) >= 11 is 1.21. The third-order valence-corrected chi connectivity index (χ3v) is 5.94. The minimum atomic E-state index is -0.513. The van der Waals surface area contributed by atoms with Crippen LogP contribution in [0.15, 0.2) is 76.8 Å². The molecule has 32 heavy (non-hydrogen) atoms. The number of nitrogens with one attached hydrogen (secondary N) is 1. The second kappa shape index (κ2) is 9.23. The number of hydrogen-bond acceptors (Lipinski definition) is 6. The molecule has 4 rings (SSSR count). The first kappa shape index (κ1) is 21.6. The van der Waals surface area contributed by atoms with E-state index in [0.29, 0.717) is 33.3 Å². The molecule has 0 aliphatic heterocycles. The van der Waals surface area contributed by atoms with Crippen LogP contribution in [0.5, 0.6) is 5.75 Å². The lowest BCUT2D eigenvalue weighted by atomic mass is 10.2. The average molecular weight is 447 g/mol. The van der Waals surface area contributed by atoms with Gasteiger partial charge >= 0.3 is 0 Å². The largest absolute Gasteiger partial charge is 0.497 e. The van der Waals surface area contributed by atoms with Gasteiger partial charge in [0.15, 0.2) is 5.16 Å². The van der Waals surface area contributed by atoms with Crippen molar-refractivity contribution >= 4 is 34.3 Å². The predicted octanol–water partition coefficient (Wildman–Crippen LogP) is 4.22. The zero-order valence-electron chi connectivity index (χ0n) is 17.9. The summed E-state index contributed by atoms with van der Waals surface area (Å²) in [4.78, 5) is 35.2. The molecule has 1 amide bonds. The number of hydrogen-bond donors (Lipinski definition) is 1. The molecule has 0 bridgehead atoms. The number of benzene rings is 2. The number of pyridine rings is 1. The number of fused-ring (bicyclic) bond motifs is 1. The fraction of sp³-hybridized carbons (Fsp3) is 0.167. The van der Waals surface area contributed by atoms with Gasteiger partial charge in [-0.05, 0) is 67.9 Å². The van der Waals surface area contributed by atoms with Crippen LogP contribution in [-0.4, -0.2) is 32.8 Å². The monoisotopic (exact) mass is 446 g/mol. The highest BCUT2D eigenvalue weighted by atomic mass is 32.2. The first-order valence-corrected chi connectivity index (χ1v) is 10.9. The Kier molecular flexibility index (Phi) is 6.23. The van der Waals surface area contributed by atoms with Gasteiger partial charge in [0.1, 0.15) is 11.6 Å². The average Bonchev–Trinajstić information content (AvgIpc) is 2.79. The zero-order valence-corrected chi connectivity index (χ0v) is 18.7.